The van der Waals surface area contributed by atoms with Crippen molar-refractivity contribution in [2.24, 2.45) is 0 Å². The second kappa shape index (κ2) is 4.45. The van der Waals surface area contributed by atoms with E-state index in [9.17, 15) is 0 Å². The summed E-state index contributed by atoms with van der Waals surface area (Å²) in [6.07, 6.45) is 7.73. The largest absolute Gasteiger partial charge is 0.347 e. The van der Waals surface area contributed by atoms with Crippen molar-refractivity contribution < 1.29 is 0 Å². The van der Waals surface area contributed by atoms with Crippen LogP contribution in [-0.2, 0) is 13.0 Å². The molecule has 0 amide bonds. The third kappa shape index (κ3) is 1.96. The maximum absolute atomic E-state index is 4.71. The molecule has 1 aliphatic heterocycles. The Morgan fingerprint density at radius 3 is 3.00 bits per heavy atom. The van der Waals surface area contributed by atoms with Gasteiger partial charge in [0.1, 0.15) is 5.82 Å². The van der Waals surface area contributed by atoms with Gasteiger partial charge in [-0.05, 0) is 12.8 Å². The predicted octanol–water partition coefficient (Wildman–Crippen LogP) is 1.57. The minimum atomic E-state index is 0.207. The first-order chi connectivity index (χ1) is 9.40. The molecule has 6 heteroatoms. The lowest BCUT2D eigenvalue weighted by atomic mass is 10.0. The molecule has 0 aromatic carbocycles. The number of nitrogens with one attached hydrogen (secondary N) is 3. The third-order valence-corrected chi connectivity index (χ3v) is 4.30. The molecule has 0 radical (unpaired) electrons. The molecule has 1 atom stereocenters. The molecule has 1 unspecified atom stereocenters. The van der Waals surface area contributed by atoms with Crippen LogP contribution in [0.2, 0.25) is 0 Å². The topological polar surface area (TPSA) is 82.3 Å². The first kappa shape index (κ1) is 11.2. The van der Waals surface area contributed by atoms with Gasteiger partial charge in [0.05, 0.1) is 23.8 Å². The number of aromatic amines is 2. The second-order valence-electron chi connectivity index (χ2n) is 5.53. The van der Waals surface area contributed by atoms with Crippen LogP contribution in [0.25, 0.3) is 0 Å². The number of rotatable bonds is 2. The first-order valence-electron chi connectivity index (χ1n) is 7.07. The zero-order valence-corrected chi connectivity index (χ0v) is 10.8. The van der Waals surface area contributed by atoms with E-state index < -0.39 is 0 Å². The van der Waals surface area contributed by atoms with E-state index in [0.29, 0.717) is 5.92 Å². The molecule has 100 valence electrons. The molecule has 19 heavy (non-hydrogen) atoms. The van der Waals surface area contributed by atoms with E-state index in [0.717, 1.165) is 30.3 Å². The molecular formula is C13H18N6. The lowest BCUT2D eigenvalue weighted by Gasteiger charge is -2.20. The van der Waals surface area contributed by atoms with Crippen LogP contribution in [0.15, 0.2) is 6.33 Å². The van der Waals surface area contributed by atoms with Crippen LogP contribution in [0.3, 0.4) is 0 Å². The average molecular weight is 258 g/mol. The predicted molar refractivity (Wildman–Crippen MR) is 69.5 cm³/mol. The SMILES string of the molecule is c1nc2c([nH]1)CNC(c1nc(C3CCCC3)n[nH]1)C2. The van der Waals surface area contributed by atoms with E-state index in [-0.39, 0.29) is 6.04 Å². The molecule has 3 heterocycles. The van der Waals surface area contributed by atoms with Crippen molar-refractivity contribution in [3.63, 3.8) is 0 Å². The fourth-order valence-corrected chi connectivity index (χ4v) is 3.17. The van der Waals surface area contributed by atoms with Crippen LogP contribution in [0.5, 0.6) is 0 Å². The number of imidazole rings is 1. The summed E-state index contributed by atoms with van der Waals surface area (Å²) in [6, 6.07) is 0.207. The fourth-order valence-electron chi connectivity index (χ4n) is 3.17. The highest BCUT2D eigenvalue weighted by Gasteiger charge is 2.26. The van der Waals surface area contributed by atoms with Gasteiger partial charge in [-0.2, -0.15) is 5.10 Å². The Hall–Kier alpha value is -1.69. The molecule has 1 aliphatic carbocycles. The Kier molecular flexibility index (Phi) is 2.61. The number of fused-ring (bicyclic) bond motifs is 1. The lowest BCUT2D eigenvalue weighted by molar-refractivity contribution is 0.468. The van der Waals surface area contributed by atoms with E-state index in [4.69, 9.17) is 4.98 Å². The highest BCUT2D eigenvalue weighted by atomic mass is 15.2. The Labute approximate surface area is 111 Å². The maximum atomic E-state index is 4.71. The van der Waals surface area contributed by atoms with Gasteiger partial charge in [-0.15, -0.1) is 0 Å². The number of hydrogen-bond acceptors (Lipinski definition) is 4. The molecule has 1 fully saturated rings. The molecule has 2 aromatic rings. The smallest absolute Gasteiger partial charge is 0.153 e. The van der Waals surface area contributed by atoms with Gasteiger partial charge in [0, 0.05) is 18.9 Å². The van der Waals surface area contributed by atoms with Crippen molar-refractivity contribution in [3.8, 4) is 0 Å². The van der Waals surface area contributed by atoms with Gasteiger partial charge in [0.2, 0.25) is 0 Å². The van der Waals surface area contributed by atoms with E-state index >= 15 is 0 Å². The highest BCUT2D eigenvalue weighted by molar-refractivity contribution is 5.18. The van der Waals surface area contributed by atoms with Crippen molar-refractivity contribution in [1.29, 1.82) is 0 Å². The summed E-state index contributed by atoms with van der Waals surface area (Å²) in [5.74, 6) is 2.52. The van der Waals surface area contributed by atoms with E-state index in [2.05, 4.69) is 25.5 Å². The maximum Gasteiger partial charge on any atom is 0.153 e. The molecule has 3 N–H and O–H groups in total. The van der Waals surface area contributed by atoms with Gasteiger partial charge in [-0.25, -0.2) is 9.97 Å². The van der Waals surface area contributed by atoms with Crippen molar-refractivity contribution in [2.75, 3.05) is 0 Å². The normalized spacial score (nSPS) is 23.7. The van der Waals surface area contributed by atoms with Gasteiger partial charge in [-0.3, -0.25) is 5.10 Å². The van der Waals surface area contributed by atoms with Gasteiger partial charge in [0.15, 0.2) is 5.82 Å². The number of nitrogens with zero attached hydrogens (tertiary/aromatic N) is 3. The Morgan fingerprint density at radius 1 is 1.21 bits per heavy atom. The molecule has 2 aliphatic rings. The van der Waals surface area contributed by atoms with Crippen LogP contribution in [-0.4, -0.2) is 25.1 Å². The van der Waals surface area contributed by atoms with E-state index in [1.54, 1.807) is 6.33 Å². The second-order valence-corrected chi connectivity index (χ2v) is 5.53. The Bertz CT molecular complexity index is 565. The molecule has 0 bridgehead atoms. The van der Waals surface area contributed by atoms with Crippen molar-refractivity contribution in [3.05, 3.63) is 29.4 Å². The van der Waals surface area contributed by atoms with Gasteiger partial charge < -0.3 is 10.3 Å². The summed E-state index contributed by atoms with van der Waals surface area (Å²) >= 11 is 0. The van der Waals surface area contributed by atoms with Gasteiger partial charge >= 0.3 is 0 Å². The number of aromatic nitrogens is 5. The fraction of sp³-hybridized carbons (Fsp3) is 0.615. The summed E-state index contributed by atoms with van der Waals surface area (Å²) in [6.45, 7) is 0.819. The molecular weight excluding hydrogens is 240 g/mol. The standard InChI is InChI=1S/C13H18N6/c1-2-4-8(3-1)12-17-13(19-18-12)10-5-9-11(6-14-10)16-7-15-9/h7-8,10,14H,1-6H2,(H,15,16)(H,17,18,19). The summed E-state index contributed by atoms with van der Waals surface area (Å²) in [5, 5.41) is 11.0. The van der Waals surface area contributed by atoms with E-state index in [1.165, 1.54) is 31.4 Å². The van der Waals surface area contributed by atoms with Gasteiger partial charge in [-0.1, -0.05) is 12.8 Å². The summed E-state index contributed by atoms with van der Waals surface area (Å²) in [7, 11) is 0. The summed E-state index contributed by atoms with van der Waals surface area (Å²) < 4.78 is 0. The number of hydrogen-bond donors (Lipinski definition) is 3. The van der Waals surface area contributed by atoms with Crippen molar-refractivity contribution in [1.82, 2.24) is 30.5 Å². The van der Waals surface area contributed by atoms with Crippen LogP contribution in [0.1, 0.15) is 60.7 Å². The zero-order chi connectivity index (χ0) is 12.7. The van der Waals surface area contributed by atoms with Gasteiger partial charge in [0.25, 0.3) is 0 Å². The third-order valence-electron chi connectivity index (χ3n) is 4.30. The van der Waals surface area contributed by atoms with Crippen LogP contribution in [0.4, 0.5) is 0 Å². The molecule has 6 nitrogen and oxygen atoms in total. The molecule has 0 saturated heterocycles. The number of H-pyrrole nitrogens is 2. The molecule has 0 spiro atoms. The van der Waals surface area contributed by atoms with Crippen LogP contribution >= 0.6 is 0 Å². The minimum absolute atomic E-state index is 0.207. The minimum Gasteiger partial charge on any atom is -0.347 e. The quantitative estimate of drug-likeness (QED) is 0.763. The van der Waals surface area contributed by atoms with Crippen molar-refractivity contribution >= 4 is 0 Å². The highest BCUT2D eigenvalue weighted by Crippen LogP contribution is 2.32. The summed E-state index contributed by atoms with van der Waals surface area (Å²) in [5.41, 5.74) is 2.33. The van der Waals surface area contributed by atoms with E-state index in [1.807, 2.05) is 0 Å². The molecule has 2 aromatic heterocycles. The monoisotopic (exact) mass is 258 g/mol. The van der Waals surface area contributed by atoms with Crippen LogP contribution in [0, 0.1) is 0 Å². The van der Waals surface area contributed by atoms with Crippen LogP contribution < -0.4 is 5.32 Å². The molecule has 4 rings (SSSR count). The average Bonchev–Trinajstić information content (AvgIpc) is 3.18. The first-order valence-corrected chi connectivity index (χ1v) is 7.07. The Balaban J connectivity index is 1.54. The Morgan fingerprint density at radius 2 is 2.11 bits per heavy atom. The summed E-state index contributed by atoms with van der Waals surface area (Å²) in [4.78, 5) is 12.2. The molecule has 1 saturated carbocycles. The lowest BCUT2D eigenvalue weighted by Crippen LogP contribution is -2.29. The zero-order valence-electron chi connectivity index (χ0n) is 10.8. The van der Waals surface area contributed by atoms with Crippen molar-refractivity contribution in [2.45, 2.75) is 50.6 Å².